The summed E-state index contributed by atoms with van der Waals surface area (Å²) in [5.74, 6) is -1.18. The lowest BCUT2D eigenvalue weighted by Crippen LogP contribution is -2.34. The highest BCUT2D eigenvalue weighted by molar-refractivity contribution is 5.19. The Morgan fingerprint density at radius 1 is 1.24 bits per heavy atom. The van der Waals surface area contributed by atoms with Crippen LogP contribution in [0.2, 0.25) is 0 Å². The Morgan fingerprint density at radius 2 is 2.14 bits per heavy atom. The standard InChI is InChI=1S/C16H17F2N3/c17-14-5-1-3-13(16(14)18)10-21-8-2-4-12(9-21)15-6-7-19-11-20-15/h1,3,5-7,11-12H,2,4,8-10H2/t12-/m0/s1. The molecule has 2 aromatic rings. The van der Waals surface area contributed by atoms with E-state index in [4.69, 9.17) is 0 Å². The molecule has 2 heterocycles. The number of hydrogen-bond acceptors (Lipinski definition) is 3. The summed E-state index contributed by atoms with van der Waals surface area (Å²) in [6.07, 6.45) is 5.40. The molecule has 1 fully saturated rings. The fourth-order valence-electron chi connectivity index (χ4n) is 2.89. The lowest BCUT2D eigenvalue weighted by Gasteiger charge is -2.32. The first-order valence-electron chi connectivity index (χ1n) is 7.15. The monoisotopic (exact) mass is 289 g/mol. The van der Waals surface area contributed by atoms with Crippen LogP contribution in [0.4, 0.5) is 8.78 Å². The summed E-state index contributed by atoms with van der Waals surface area (Å²) in [7, 11) is 0. The summed E-state index contributed by atoms with van der Waals surface area (Å²) in [5, 5.41) is 0. The van der Waals surface area contributed by atoms with E-state index in [0.717, 1.165) is 37.7 Å². The Morgan fingerprint density at radius 3 is 2.95 bits per heavy atom. The van der Waals surface area contributed by atoms with E-state index in [-0.39, 0.29) is 0 Å². The van der Waals surface area contributed by atoms with Gasteiger partial charge in [-0.15, -0.1) is 0 Å². The van der Waals surface area contributed by atoms with Crippen molar-refractivity contribution < 1.29 is 8.78 Å². The van der Waals surface area contributed by atoms with Gasteiger partial charge in [0, 0.05) is 36.5 Å². The molecule has 1 aliphatic heterocycles. The van der Waals surface area contributed by atoms with Crippen molar-refractivity contribution in [1.29, 1.82) is 0 Å². The molecular formula is C16H17F2N3. The Hall–Kier alpha value is -1.88. The summed E-state index contributed by atoms with van der Waals surface area (Å²) < 4.78 is 27.0. The van der Waals surface area contributed by atoms with Gasteiger partial charge in [0.1, 0.15) is 6.33 Å². The molecule has 0 amide bonds. The summed E-state index contributed by atoms with van der Waals surface area (Å²) >= 11 is 0. The number of aromatic nitrogens is 2. The highest BCUT2D eigenvalue weighted by Crippen LogP contribution is 2.26. The molecule has 1 saturated heterocycles. The van der Waals surface area contributed by atoms with Gasteiger partial charge in [-0.05, 0) is 31.5 Å². The molecule has 110 valence electrons. The first kappa shape index (κ1) is 14.1. The molecule has 1 atom stereocenters. The van der Waals surface area contributed by atoms with Crippen LogP contribution >= 0.6 is 0 Å². The molecule has 0 unspecified atom stereocenters. The van der Waals surface area contributed by atoms with Gasteiger partial charge in [0.05, 0.1) is 0 Å². The van der Waals surface area contributed by atoms with Crippen LogP contribution in [0.1, 0.15) is 30.0 Å². The summed E-state index contributed by atoms with van der Waals surface area (Å²) in [4.78, 5) is 10.4. The maximum Gasteiger partial charge on any atom is 0.163 e. The van der Waals surface area contributed by atoms with E-state index in [1.165, 1.54) is 0 Å². The third-order valence-corrected chi connectivity index (χ3v) is 3.95. The largest absolute Gasteiger partial charge is 0.298 e. The van der Waals surface area contributed by atoms with Gasteiger partial charge in [0.15, 0.2) is 11.6 Å². The Balaban J connectivity index is 1.70. The molecule has 0 aliphatic carbocycles. The van der Waals surface area contributed by atoms with Crippen LogP contribution in [-0.2, 0) is 6.54 Å². The number of likely N-dealkylation sites (tertiary alicyclic amines) is 1. The van der Waals surface area contributed by atoms with Crippen molar-refractivity contribution in [2.24, 2.45) is 0 Å². The molecule has 1 aromatic carbocycles. The average molecular weight is 289 g/mol. The van der Waals surface area contributed by atoms with Gasteiger partial charge in [0.25, 0.3) is 0 Å². The van der Waals surface area contributed by atoms with Crippen LogP contribution in [0, 0.1) is 11.6 Å². The maximum atomic E-state index is 13.8. The van der Waals surface area contributed by atoms with E-state index in [9.17, 15) is 8.78 Å². The Kier molecular flexibility index (Phi) is 4.20. The van der Waals surface area contributed by atoms with Crippen LogP contribution in [-0.4, -0.2) is 28.0 Å². The molecular weight excluding hydrogens is 272 g/mol. The van der Waals surface area contributed by atoms with Crippen LogP contribution in [0.5, 0.6) is 0 Å². The summed E-state index contributed by atoms with van der Waals surface area (Å²) in [6.45, 7) is 2.15. The topological polar surface area (TPSA) is 29.0 Å². The number of benzene rings is 1. The van der Waals surface area contributed by atoms with Crippen molar-refractivity contribution in [1.82, 2.24) is 14.9 Å². The van der Waals surface area contributed by atoms with E-state index in [0.29, 0.717) is 18.0 Å². The minimum absolute atomic E-state index is 0.332. The molecule has 0 bridgehead atoms. The second-order valence-electron chi connectivity index (χ2n) is 5.42. The predicted octanol–water partition coefficient (Wildman–Crippen LogP) is 3.13. The average Bonchev–Trinajstić information content (AvgIpc) is 2.53. The van der Waals surface area contributed by atoms with Gasteiger partial charge < -0.3 is 0 Å². The first-order chi connectivity index (χ1) is 10.2. The number of halogens is 2. The Labute approximate surface area is 122 Å². The van der Waals surface area contributed by atoms with Gasteiger partial charge in [-0.1, -0.05) is 12.1 Å². The van der Waals surface area contributed by atoms with Crippen LogP contribution in [0.3, 0.4) is 0 Å². The second-order valence-corrected chi connectivity index (χ2v) is 5.42. The van der Waals surface area contributed by atoms with Crippen molar-refractivity contribution >= 4 is 0 Å². The van der Waals surface area contributed by atoms with Gasteiger partial charge in [-0.25, -0.2) is 18.7 Å². The van der Waals surface area contributed by atoms with Crippen molar-refractivity contribution in [2.75, 3.05) is 13.1 Å². The Bertz CT molecular complexity index is 604. The highest BCUT2D eigenvalue weighted by atomic mass is 19.2. The minimum atomic E-state index is -0.781. The molecule has 21 heavy (non-hydrogen) atoms. The zero-order valence-corrected chi connectivity index (χ0v) is 11.7. The quantitative estimate of drug-likeness (QED) is 0.869. The molecule has 1 aliphatic rings. The number of nitrogens with zero attached hydrogens (tertiary/aromatic N) is 3. The van der Waals surface area contributed by atoms with Crippen molar-refractivity contribution in [3.63, 3.8) is 0 Å². The molecule has 0 spiro atoms. The van der Waals surface area contributed by atoms with E-state index in [1.807, 2.05) is 6.07 Å². The van der Waals surface area contributed by atoms with Gasteiger partial charge >= 0.3 is 0 Å². The molecule has 3 nitrogen and oxygen atoms in total. The molecule has 0 radical (unpaired) electrons. The van der Waals surface area contributed by atoms with E-state index in [1.54, 1.807) is 24.7 Å². The number of rotatable bonds is 3. The fourth-order valence-corrected chi connectivity index (χ4v) is 2.89. The molecule has 0 N–H and O–H groups in total. The van der Waals surface area contributed by atoms with Crippen LogP contribution in [0.25, 0.3) is 0 Å². The molecule has 0 saturated carbocycles. The third-order valence-electron chi connectivity index (χ3n) is 3.95. The van der Waals surface area contributed by atoms with Crippen molar-refractivity contribution in [3.05, 3.63) is 59.7 Å². The maximum absolute atomic E-state index is 13.8. The van der Waals surface area contributed by atoms with E-state index < -0.39 is 11.6 Å². The third kappa shape index (κ3) is 3.24. The number of hydrogen-bond donors (Lipinski definition) is 0. The van der Waals surface area contributed by atoms with Crippen LogP contribution in [0.15, 0.2) is 36.8 Å². The van der Waals surface area contributed by atoms with Gasteiger partial charge in [-0.3, -0.25) is 4.90 Å². The SMILES string of the molecule is Fc1cccc(CN2CCC[C@H](c3ccncn3)C2)c1F. The van der Waals surface area contributed by atoms with Crippen molar-refractivity contribution in [3.8, 4) is 0 Å². The lowest BCUT2D eigenvalue weighted by molar-refractivity contribution is 0.195. The lowest BCUT2D eigenvalue weighted by atomic mass is 9.94. The zero-order valence-electron chi connectivity index (χ0n) is 11.7. The fraction of sp³-hybridized carbons (Fsp3) is 0.375. The van der Waals surface area contributed by atoms with Gasteiger partial charge in [0.2, 0.25) is 0 Å². The molecule has 5 heteroatoms. The van der Waals surface area contributed by atoms with Crippen molar-refractivity contribution in [2.45, 2.75) is 25.3 Å². The van der Waals surface area contributed by atoms with E-state index >= 15 is 0 Å². The van der Waals surface area contributed by atoms with Crippen LogP contribution < -0.4 is 0 Å². The first-order valence-corrected chi connectivity index (χ1v) is 7.15. The normalized spacial score (nSPS) is 19.6. The summed E-state index contributed by atoms with van der Waals surface area (Å²) in [5.41, 5.74) is 1.44. The minimum Gasteiger partial charge on any atom is -0.298 e. The van der Waals surface area contributed by atoms with E-state index in [2.05, 4.69) is 14.9 Å². The number of piperidine rings is 1. The highest BCUT2D eigenvalue weighted by Gasteiger charge is 2.23. The second kappa shape index (κ2) is 6.26. The predicted molar refractivity (Wildman–Crippen MR) is 75.6 cm³/mol. The smallest absolute Gasteiger partial charge is 0.163 e. The van der Waals surface area contributed by atoms with Gasteiger partial charge in [-0.2, -0.15) is 0 Å². The molecule has 1 aromatic heterocycles. The molecule has 3 rings (SSSR count). The zero-order chi connectivity index (χ0) is 14.7. The summed E-state index contributed by atoms with van der Waals surface area (Å²) in [6, 6.07) is 6.28.